The first-order chi connectivity index (χ1) is 16.2. The molecule has 2 fully saturated rings. The summed E-state index contributed by atoms with van der Waals surface area (Å²) in [6.07, 6.45) is 2.73. The first-order valence-corrected chi connectivity index (χ1v) is 11.9. The maximum atomic E-state index is 12.1. The van der Waals surface area contributed by atoms with Crippen LogP contribution in [-0.2, 0) is 29.2 Å². The highest BCUT2D eigenvalue weighted by Crippen LogP contribution is 2.21. The Balaban J connectivity index is 0.00000324. The second kappa shape index (κ2) is 13.7. The fraction of sp³-hybridized carbons (Fsp3) is 0.462. The summed E-state index contributed by atoms with van der Waals surface area (Å²) in [6, 6.07) is 16.8. The van der Waals surface area contributed by atoms with Gasteiger partial charge in [-0.3, -0.25) is 14.7 Å². The third kappa shape index (κ3) is 7.41. The van der Waals surface area contributed by atoms with E-state index in [1.54, 1.807) is 7.05 Å². The lowest BCUT2D eigenvalue weighted by Gasteiger charge is -2.27. The zero-order chi connectivity index (χ0) is 22.9. The van der Waals surface area contributed by atoms with Gasteiger partial charge in [-0.15, -0.1) is 24.0 Å². The average molecular weight is 578 g/mol. The number of carbonyl (C=O) groups excluding carboxylic acids is 1. The molecule has 2 heterocycles. The van der Waals surface area contributed by atoms with Crippen LogP contribution in [0.25, 0.3) is 0 Å². The Morgan fingerprint density at radius 2 is 1.65 bits per heavy atom. The van der Waals surface area contributed by atoms with E-state index in [1.165, 1.54) is 11.1 Å². The summed E-state index contributed by atoms with van der Waals surface area (Å²) in [5.41, 5.74) is 4.76. The molecule has 7 nitrogen and oxygen atoms in total. The van der Waals surface area contributed by atoms with E-state index in [0.717, 1.165) is 76.0 Å². The first kappa shape index (κ1) is 26.4. The molecule has 2 saturated heterocycles. The number of nitrogens with zero attached hydrogens (tertiary/aromatic N) is 3. The van der Waals surface area contributed by atoms with Crippen LogP contribution in [0.5, 0.6) is 0 Å². The van der Waals surface area contributed by atoms with Crippen LogP contribution in [0.4, 0.5) is 5.69 Å². The molecule has 2 aliphatic rings. The molecule has 2 aromatic rings. The fourth-order valence-electron chi connectivity index (χ4n) is 4.34. The molecule has 184 valence electrons. The lowest BCUT2D eigenvalue weighted by Crippen LogP contribution is -2.37. The van der Waals surface area contributed by atoms with E-state index < -0.39 is 0 Å². The van der Waals surface area contributed by atoms with E-state index in [2.05, 4.69) is 56.9 Å². The molecule has 0 aliphatic carbocycles. The summed E-state index contributed by atoms with van der Waals surface area (Å²) in [6.45, 7) is 6.74. The maximum Gasteiger partial charge on any atom is 0.226 e. The van der Waals surface area contributed by atoms with Crippen LogP contribution in [0.1, 0.15) is 36.0 Å². The minimum atomic E-state index is 0. The van der Waals surface area contributed by atoms with E-state index in [4.69, 9.17) is 4.74 Å². The van der Waals surface area contributed by atoms with Crippen molar-refractivity contribution in [3.8, 4) is 0 Å². The highest BCUT2D eigenvalue weighted by Gasteiger charge is 2.19. The van der Waals surface area contributed by atoms with Gasteiger partial charge in [-0.1, -0.05) is 36.4 Å². The number of halogens is 1. The van der Waals surface area contributed by atoms with Gasteiger partial charge in [-0.05, 0) is 41.7 Å². The normalized spacial score (nSPS) is 17.3. The molecule has 1 amide bonds. The molecule has 0 unspecified atom stereocenters. The molecule has 2 aromatic carbocycles. The average Bonchev–Trinajstić information content (AvgIpc) is 2.86. The van der Waals surface area contributed by atoms with Gasteiger partial charge in [0.05, 0.1) is 13.2 Å². The van der Waals surface area contributed by atoms with Gasteiger partial charge in [-0.2, -0.15) is 0 Å². The summed E-state index contributed by atoms with van der Waals surface area (Å²) >= 11 is 0. The lowest BCUT2D eigenvalue weighted by atomic mass is 10.1. The standard InChI is InChI=1S/C26H35N5O2.HI/c1-27-26(28-18-21-9-11-24(12-10-21)31-13-5-4-8-25(31)32)29-19-22-6-2-3-7-23(22)20-30-14-16-33-17-15-30;/h2-3,6-7,9-12H,4-5,8,13-20H2,1H3,(H2,27,28,29);1H. The van der Waals surface area contributed by atoms with E-state index in [0.29, 0.717) is 13.0 Å². The molecular weight excluding hydrogens is 541 g/mol. The lowest BCUT2D eigenvalue weighted by molar-refractivity contribution is -0.119. The Morgan fingerprint density at radius 1 is 0.941 bits per heavy atom. The largest absolute Gasteiger partial charge is 0.379 e. The van der Waals surface area contributed by atoms with Crippen LogP contribution in [-0.4, -0.2) is 56.7 Å². The van der Waals surface area contributed by atoms with Gasteiger partial charge >= 0.3 is 0 Å². The third-order valence-corrected chi connectivity index (χ3v) is 6.32. The summed E-state index contributed by atoms with van der Waals surface area (Å²) in [7, 11) is 1.79. The zero-order valence-electron chi connectivity index (χ0n) is 20.0. The summed E-state index contributed by atoms with van der Waals surface area (Å²) in [5.74, 6) is 0.997. The van der Waals surface area contributed by atoms with E-state index in [9.17, 15) is 4.79 Å². The molecule has 2 N–H and O–H groups in total. The van der Waals surface area contributed by atoms with Crippen LogP contribution in [0.2, 0.25) is 0 Å². The van der Waals surface area contributed by atoms with Crippen molar-refractivity contribution < 1.29 is 9.53 Å². The van der Waals surface area contributed by atoms with Crippen molar-refractivity contribution in [2.24, 2.45) is 4.99 Å². The van der Waals surface area contributed by atoms with Gasteiger partial charge in [0.1, 0.15) is 0 Å². The second-order valence-corrected chi connectivity index (χ2v) is 8.61. The molecule has 0 aromatic heterocycles. The van der Waals surface area contributed by atoms with Crippen LogP contribution >= 0.6 is 24.0 Å². The first-order valence-electron chi connectivity index (χ1n) is 11.9. The number of aliphatic imine (C=N–C) groups is 1. The minimum Gasteiger partial charge on any atom is -0.379 e. The Bertz CT molecular complexity index is 944. The van der Waals surface area contributed by atoms with Gasteiger partial charge < -0.3 is 20.3 Å². The molecule has 0 spiro atoms. The van der Waals surface area contributed by atoms with Crippen LogP contribution in [0, 0.1) is 0 Å². The monoisotopic (exact) mass is 577 g/mol. The Labute approximate surface area is 220 Å². The van der Waals surface area contributed by atoms with Gasteiger partial charge in [-0.25, -0.2) is 0 Å². The van der Waals surface area contributed by atoms with Gasteiger partial charge in [0.2, 0.25) is 5.91 Å². The van der Waals surface area contributed by atoms with E-state index in [-0.39, 0.29) is 29.9 Å². The number of hydrogen-bond acceptors (Lipinski definition) is 4. The number of ether oxygens (including phenoxy) is 1. The van der Waals surface area contributed by atoms with Gasteiger partial charge in [0.25, 0.3) is 0 Å². The minimum absolute atomic E-state index is 0. The van der Waals surface area contributed by atoms with Crippen LogP contribution in [0.15, 0.2) is 53.5 Å². The van der Waals surface area contributed by atoms with E-state index >= 15 is 0 Å². The van der Waals surface area contributed by atoms with Crippen molar-refractivity contribution in [3.63, 3.8) is 0 Å². The number of anilines is 1. The van der Waals surface area contributed by atoms with Crippen molar-refractivity contribution in [2.75, 3.05) is 44.8 Å². The van der Waals surface area contributed by atoms with Crippen molar-refractivity contribution in [1.82, 2.24) is 15.5 Å². The number of carbonyl (C=O) groups is 1. The number of morpholine rings is 1. The Morgan fingerprint density at radius 3 is 2.35 bits per heavy atom. The Hall–Kier alpha value is -2.17. The molecule has 0 radical (unpaired) electrons. The van der Waals surface area contributed by atoms with Crippen molar-refractivity contribution >= 4 is 41.5 Å². The predicted octanol–water partition coefficient (Wildman–Crippen LogP) is 3.52. The van der Waals surface area contributed by atoms with Crippen molar-refractivity contribution in [3.05, 3.63) is 65.2 Å². The quantitative estimate of drug-likeness (QED) is 0.300. The summed E-state index contributed by atoms with van der Waals surface area (Å²) in [4.78, 5) is 20.9. The highest BCUT2D eigenvalue weighted by molar-refractivity contribution is 14.0. The number of rotatable bonds is 7. The third-order valence-electron chi connectivity index (χ3n) is 6.32. The predicted molar refractivity (Wildman–Crippen MR) is 148 cm³/mol. The van der Waals surface area contributed by atoms with Crippen LogP contribution < -0.4 is 15.5 Å². The Kier molecular flexibility index (Phi) is 10.6. The van der Waals surface area contributed by atoms with Crippen molar-refractivity contribution in [2.45, 2.75) is 38.9 Å². The molecular formula is C26H36IN5O2. The smallest absolute Gasteiger partial charge is 0.226 e. The molecule has 34 heavy (non-hydrogen) atoms. The number of amides is 1. The van der Waals surface area contributed by atoms with Gasteiger partial charge in [0, 0.05) is 58.4 Å². The summed E-state index contributed by atoms with van der Waals surface area (Å²) < 4.78 is 5.47. The molecule has 0 atom stereocenters. The number of benzene rings is 2. The van der Waals surface area contributed by atoms with Crippen LogP contribution in [0.3, 0.4) is 0 Å². The molecule has 4 rings (SSSR count). The topological polar surface area (TPSA) is 69.2 Å². The number of nitrogens with one attached hydrogen (secondary N) is 2. The van der Waals surface area contributed by atoms with Gasteiger partial charge in [0.15, 0.2) is 5.96 Å². The SMILES string of the molecule is CN=C(NCc1ccc(N2CCCCC2=O)cc1)NCc1ccccc1CN1CCOCC1.I. The second-order valence-electron chi connectivity index (χ2n) is 8.61. The van der Waals surface area contributed by atoms with E-state index in [1.807, 2.05) is 17.0 Å². The zero-order valence-corrected chi connectivity index (χ0v) is 22.3. The number of piperidine rings is 1. The number of hydrogen-bond donors (Lipinski definition) is 2. The number of guanidine groups is 1. The molecule has 8 heteroatoms. The maximum absolute atomic E-state index is 12.1. The molecule has 0 saturated carbocycles. The highest BCUT2D eigenvalue weighted by atomic mass is 127. The fourth-order valence-corrected chi connectivity index (χ4v) is 4.34. The molecule has 2 aliphatic heterocycles. The van der Waals surface area contributed by atoms with Crippen molar-refractivity contribution in [1.29, 1.82) is 0 Å². The summed E-state index contributed by atoms with van der Waals surface area (Å²) in [5, 5.41) is 6.84. The molecule has 0 bridgehead atoms.